The minimum absolute atomic E-state index is 0.676. The molecule has 0 heterocycles. The first-order valence-corrected chi connectivity index (χ1v) is 7.41. The number of aryl methyl sites for hydroxylation is 1. The summed E-state index contributed by atoms with van der Waals surface area (Å²) >= 11 is 3.56. The Morgan fingerprint density at radius 2 is 1.72 bits per heavy atom. The van der Waals surface area contributed by atoms with E-state index in [2.05, 4.69) is 55.0 Å². The average Bonchev–Trinajstić information content (AvgIpc) is 2.24. The number of hydrogen-bond donors (Lipinski definition) is 2. The zero-order valence-electron chi connectivity index (χ0n) is 12.0. The van der Waals surface area contributed by atoms with Crippen molar-refractivity contribution in [3.05, 3.63) is 22.2 Å². The first kappa shape index (κ1) is 15.4. The smallest absolute Gasteiger partial charge is 0.0488 e. The van der Waals surface area contributed by atoms with Gasteiger partial charge in [0.25, 0.3) is 0 Å². The Hall–Kier alpha value is -0.700. The van der Waals surface area contributed by atoms with Crippen LogP contribution in [0.3, 0.4) is 0 Å². The number of hydrogen-bond acceptors (Lipinski definition) is 2. The largest absolute Gasteiger partial charge is 0.398 e. The monoisotopic (exact) mass is 312 g/mol. The lowest BCUT2D eigenvalue weighted by Crippen LogP contribution is -2.24. The van der Waals surface area contributed by atoms with E-state index in [0.29, 0.717) is 17.8 Å². The van der Waals surface area contributed by atoms with Crippen molar-refractivity contribution >= 4 is 27.3 Å². The lowest BCUT2D eigenvalue weighted by molar-refractivity contribution is 0.304. The molecular weight excluding hydrogens is 288 g/mol. The number of rotatable bonds is 5. The molecule has 0 spiro atoms. The third-order valence-corrected chi connectivity index (χ3v) is 4.25. The molecule has 102 valence electrons. The van der Waals surface area contributed by atoms with Crippen LogP contribution in [0.15, 0.2) is 16.6 Å². The van der Waals surface area contributed by atoms with Crippen molar-refractivity contribution in [1.29, 1.82) is 0 Å². The van der Waals surface area contributed by atoms with Gasteiger partial charge in [0.15, 0.2) is 0 Å². The second-order valence-corrected chi connectivity index (χ2v) is 6.58. The number of halogens is 1. The minimum atomic E-state index is 0.676. The molecule has 0 aliphatic heterocycles. The molecule has 0 radical (unpaired) electrons. The molecule has 1 rings (SSSR count). The van der Waals surface area contributed by atoms with E-state index < -0.39 is 0 Å². The topological polar surface area (TPSA) is 38.0 Å². The molecule has 3 heteroatoms. The SMILES string of the molecule is Cc1cc(NCC(C(C)C)C(C)C)c(Br)cc1N. The third kappa shape index (κ3) is 3.91. The van der Waals surface area contributed by atoms with Gasteiger partial charge in [-0.3, -0.25) is 0 Å². The highest BCUT2D eigenvalue weighted by Gasteiger charge is 2.17. The maximum atomic E-state index is 5.88. The Labute approximate surface area is 119 Å². The van der Waals surface area contributed by atoms with Crippen molar-refractivity contribution in [2.75, 3.05) is 17.6 Å². The Bertz CT molecular complexity index is 392. The zero-order chi connectivity index (χ0) is 13.9. The fourth-order valence-corrected chi connectivity index (χ4v) is 2.80. The fourth-order valence-electron chi connectivity index (χ4n) is 2.30. The van der Waals surface area contributed by atoms with E-state index in [0.717, 1.165) is 28.0 Å². The summed E-state index contributed by atoms with van der Waals surface area (Å²) in [5, 5.41) is 3.54. The van der Waals surface area contributed by atoms with Crippen molar-refractivity contribution in [2.45, 2.75) is 34.6 Å². The lowest BCUT2D eigenvalue weighted by atomic mass is 9.85. The minimum Gasteiger partial charge on any atom is -0.398 e. The van der Waals surface area contributed by atoms with E-state index in [1.165, 1.54) is 0 Å². The molecule has 0 atom stereocenters. The molecule has 0 unspecified atom stereocenters. The molecule has 0 fully saturated rings. The molecule has 1 aromatic carbocycles. The average molecular weight is 313 g/mol. The number of nitrogen functional groups attached to an aromatic ring is 1. The Morgan fingerprint density at radius 1 is 1.17 bits per heavy atom. The van der Waals surface area contributed by atoms with Crippen LogP contribution in [0.4, 0.5) is 11.4 Å². The molecule has 3 N–H and O–H groups in total. The van der Waals surface area contributed by atoms with E-state index >= 15 is 0 Å². The number of anilines is 2. The summed E-state index contributed by atoms with van der Waals surface area (Å²) < 4.78 is 1.04. The van der Waals surface area contributed by atoms with Gasteiger partial charge in [0.05, 0.1) is 0 Å². The summed E-state index contributed by atoms with van der Waals surface area (Å²) in [6.07, 6.45) is 0. The van der Waals surface area contributed by atoms with Gasteiger partial charge in [0, 0.05) is 22.4 Å². The quantitative estimate of drug-likeness (QED) is 0.775. The normalized spacial score (nSPS) is 11.6. The highest BCUT2D eigenvalue weighted by Crippen LogP contribution is 2.29. The van der Waals surface area contributed by atoms with Gasteiger partial charge in [-0.1, -0.05) is 27.7 Å². The number of benzene rings is 1. The van der Waals surface area contributed by atoms with Crippen molar-refractivity contribution in [3.63, 3.8) is 0 Å². The van der Waals surface area contributed by atoms with Gasteiger partial charge >= 0.3 is 0 Å². The van der Waals surface area contributed by atoms with E-state index in [9.17, 15) is 0 Å². The van der Waals surface area contributed by atoms with Crippen molar-refractivity contribution in [1.82, 2.24) is 0 Å². The molecule has 0 aliphatic carbocycles. The number of nitrogens with two attached hydrogens (primary N) is 1. The molecule has 0 bridgehead atoms. The molecule has 0 aliphatic rings. The van der Waals surface area contributed by atoms with Crippen LogP contribution in [0, 0.1) is 24.7 Å². The number of nitrogens with one attached hydrogen (secondary N) is 1. The van der Waals surface area contributed by atoms with Crippen molar-refractivity contribution in [2.24, 2.45) is 17.8 Å². The molecule has 2 nitrogen and oxygen atoms in total. The Kier molecular flexibility index (Phi) is 5.51. The lowest BCUT2D eigenvalue weighted by Gasteiger charge is -2.26. The first-order valence-electron chi connectivity index (χ1n) is 6.62. The second-order valence-electron chi connectivity index (χ2n) is 5.72. The van der Waals surface area contributed by atoms with Gasteiger partial charge in [-0.15, -0.1) is 0 Å². The maximum Gasteiger partial charge on any atom is 0.0488 e. The van der Waals surface area contributed by atoms with Crippen LogP contribution >= 0.6 is 15.9 Å². The van der Waals surface area contributed by atoms with Crippen LogP contribution in [0.5, 0.6) is 0 Å². The van der Waals surface area contributed by atoms with Gasteiger partial charge in [-0.2, -0.15) is 0 Å². The third-order valence-electron chi connectivity index (χ3n) is 3.60. The van der Waals surface area contributed by atoms with Gasteiger partial charge in [0.2, 0.25) is 0 Å². The summed E-state index contributed by atoms with van der Waals surface area (Å²) in [7, 11) is 0. The molecule has 0 saturated carbocycles. The summed E-state index contributed by atoms with van der Waals surface area (Å²) in [6.45, 7) is 12.2. The highest BCUT2D eigenvalue weighted by atomic mass is 79.9. The van der Waals surface area contributed by atoms with Crippen LogP contribution in [0.2, 0.25) is 0 Å². The predicted octanol–water partition coefficient (Wildman–Crippen LogP) is 4.68. The van der Waals surface area contributed by atoms with Crippen LogP contribution < -0.4 is 11.1 Å². The summed E-state index contributed by atoms with van der Waals surface area (Å²) in [5.74, 6) is 2.05. The van der Waals surface area contributed by atoms with Crippen molar-refractivity contribution in [3.8, 4) is 0 Å². The zero-order valence-corrected chi connectivity index (χ0v) is 13.6. The molecule has 0 amide bonds. The van der Waals surface area contributed by atoms with Crippen LogP contribution in [0.1, 0.15) is 33.3 Å². The molecule has 0 saturated heterocycles. The predicted molar refractivity (Wildman–Crippen MR) is 84.9 cm³/mol. The Balaban J connectivity index is 2.76. The molecular formula is C15H25BrN2. The second kappa shape index (κ2) is 6.46. The molecule has 1 aromatic rings. The van der Waals surface area contributed by atoms with Gasteiger partial charge in [-0.05, 0) is 58.3 Å². The van der Waals surface area contributed by atoms with Gasteiger partial charge in [0.1, 0.15) is 0 Å². The van der Waals surface area contributed by atoms with Crippen LogP contribution in [0.25, 0.3) is 0 Å². The summed E-state index contributed by atoms with van der Waals surface area (Å²) in [4.78, 5) is 0. The van der Waals surface area contributed by atoms with E-state index in [1.807, 2.05) is 13.0 Å². The van der Waals surface area contributed by atoms with E-state index in [1.54, 1.807) is 0 Å². The molecule has 18 heavy (non-hydrogen) atoms. The van der Waals surface area contributed by atoms with Gasteiger partial charge < -0.3 is 11.1 Å². The summed E-state index contributed by atoms with van der Waals surface area (Å²) in [5.41, 5.74) is 8.96. The standard InChI is InChI=1S/C15H25BrN2/c1-9(2)12(10(3)4)8-18-15-6-11(5)14(17)7-13(15)16/h6-7,9-10,12,18H,8,17H2,1-5H3. The van der Waals surface area contributed by atoms with Gasteiger partial charge in [-0.25, -0.2) is 0 Å². The molecule has 0 aromatic heterocycles. The Morgan fingerprint density at radius 3 is 2.22 bits per heavy atom. The van der Waals surface area contributed by atoms with Crippen molar-refractivity contribution < 1.29 is 0 Å². The highest BCUT2D eigenvalue weighted by molar-refractivity contribution is 9.10. The maximum absolute atomic E-state index is 5.88. The summed E-state index contributed by atoms with van der Waals surface area (Å²) in [6, 6.07) is 4.08. The van der Waals surface area contributed by atoms with Crippen LogP contribution in [-0.4, -0.2) is 6.54 Å². The van der Waals surface area contributed by atoms with E-state index in [4.69, 9.17) is 5.73 Å². The first-order chi connectivity index (χ1) is 8.32. The van der Waals surface area contributed by atoms with Crippen LogP contribution in [-0.2, 0) is 0 Å². The van der Waals surface area contributed by atoms with E-state index in [-0.39, 0.29) is 0 Å². The fraction of sp³-hybridized carbons (Fsp3) is 0.600.